The Labute approximate surface area is 339 Å². The van der Waals surface area contributed by atoms with Gasteiger partial charge in [-0.05, 0) is 55.6 Å². The van der Waals surface area contributed by atoms with Crippen molar-refractivity contribution in [2.45, 2.75) is 143 Å². The van der Waals surface area contributed by atoms with Crippen LogP contribution >= 0.6 is 12.6 Å². The Kier molecular flexibility index (Phi) is 19.0. The van der Waals surface area contributed by atoms with Crippen LogP contribution in [0, 0.1) is 6.92 Å². The van der Waals surface area contributed by atoms with E-state index in [1.54, 1.807) is 0 Å². The molecule has 0 aromatic heterocycles. The molecule has 0 amide bonds. The highest BCUT2D eigenvalue weighted by Gasteiger charge is 2.92. The number of benzene rings is 1. The van der Waals surface area contributed by atoms with E-state index in [0.29, 0.717) is 5.25 Å². The maximum atomic E-state index is 14.0. The summed E-state index contributed by atoms with van der Waals surface area (Å²) >= 11 is 3.97. The molecule has 0 saturated heterocycles. The lowest BCUT2D eigenvalue weighted by Crippen LogP contribution is -2.70. The molecule has 0 unspecified atom stereocenters. The van der Waals surface area contributed by atoms with Crippen LogP contribution in [0.1, 0.15) is 63.5 Å². The van der Waals surface area contributed by atoms with Crippen LogP contribution in [0.3, 0.4) is 0 Å². The number of thiol groups is 1. The van der Waals surface area contributed by atoms with Gasteiger partial charge in [-0.2, -0.15) is 127 Å². The van der Waals surface area contributed by atoms with Crippen LogP contribution in [0.4, 0.5) is 114 Å². The maximum Gasteiger partial charge on any atom is 0.460 e. The molecule has 0 radical (unpaired) electrons. The summed E-state index contributed by atoms with van der Waals surface area (Å²) in [5.41, 5.74) is -0.0819. The van der Waals surface area contributed by atoms with E-state index >= 15 is 0 Å². The van der Waals surface area contributed by atoms with Crippen molar-refractivity contribution in [3.63, 3.8) is 0 Å². The number of rotatable bonds is 22. The standard InChI is InChI=1S/C29H26F26O3.C3H8S/c1-14-16(57-9-5-3-7-18(30,31)20(34,35)22(38,39)24(42,43)26(46,47)28(50,51)52)11-15(13-56-2)12-17(14)58-10-6-4-8-19(32,33)21(36,37)23(40,41)25(44,45)27(48,49)29(53,54)55;1-3(2)4/h11-12H,3-10,13H2,1-2H3;3-4H,1-2H3. The van der Waals surface area contributed by atoms with Crippen molar-refractivity contribution in [3.8, 4) is 11.5 Å². The highest BCUT2D eigenvalue weighted by molar-refractivity contribution is 7.80. The fraction of sp³-hybridized carbons (Fsp3) is 0.812. The molecule has 0 bridgehead atoms. The van der Waals surface area contributed by atoms with Crippen LogP contribution < -0.4 is 9.47 Å². The lowest BCUT2D eigenvalue weighted by Gasteiger charge is -2.39. The zero-order chi connectivity index (χ0) is 49.8. The first-order valence-corrected chi connectivity index (χ1v) is 17.2. The summed E-state index contributed by atoms with van der Waals surface area (Å²) in [5, 5.41) is 0.528. The predicted molar refractivity (Wildman–Crippen MR) is 166 cm³/mol. The van der Waals surface area contributed by atoms with Gasteiger partial charge in [0.05, 0.1) is 19.8 Å². The number of unbranched alkanes of at least 4 members (excludes halogenated alkanes) is 2. The van der Waals surface area contributed by atoms with Crippen molar-refractivity contribution in [2.24, 2.45) is 0 Å². The second-order valence-electron chi connectivity index (χ2n) is 13.4. The Morgan fingerprint density at radius 1 is 0.452 bits per heavy atom. The highest BCUT2D eigenvalue weighted by Crippen LogP contribution is 2.62. The van der Waals surface area contributed by atoms with Gasteiger partial charge in [0.1, 0.15) is 11.5 Å². The number of methoxy groups -OCH3 is 1. The number of hydrogen-bond donors (Lipinski definition) is 1. The summed E-state index contributed by atoms with van der Waals surface area (Å²) in [6.45, 7) is 3.11. The monoisotopic (exact) mass is 992 g/mol. The van der Waals surface area contributed by atoms with E-state index in [9.17, 15) is 114 Å². The molecule has 0 N–H and O–H groups in total. The number of ether oxygens (including phenoxy) is 3. The van der Waals surface area contributed by atoms with Crippen molar-refractivity contribution in [3.05, 3.63) is 23.3 Å². The molecule has 30 heteroatoms. The minimum Gasteiger partial charge on any atom is -0.493 e. The molecule has 62 heavy (non-hydrogen) atoms. The molecule has 0 fully saturated rings. The molecule has 1 rings (SSSR count). The Morgan fingerprint density at radius 3 is 0.952 bits per heavy atom. The van der Waals surface area contributed by atoms with Crippen LogP contribution in [-0.2, 0) is 11.3 Å². The van der Waals surface area contributed by atoms with E-state index in [-0.39, 0.29) is 29.2 Å². The lowest BCUT2D eigenvalue weighted by molar-refractivity contribution is -0.440. The Hall–Kier alpha value is -2.69. The lowest BCUT2D eigenvalue weighted by atomic mass is 9.92. The van der Waals surface area contributed by atoms with Gasteiger partial charge in [0.15, 0.2) is 0 Å². The molecule has 0 saturated carbocycles. The summed E-state index contributed by atoms with van der Waals surface area (Å²) in [7, 11) is 1.10. The predicted octanol–water partition coefficient (Wildman–Crippen LogP) is 14.0. The van der Waals surface area contributed by atoms with Crippen LogP contribution in [-0.4, -0.2) is 97.2 Å². The van der Waals surface area contributed by atoms with Crippen LogP contribution in [0.5, 0.6) is 11.5 Å². The zero-order valence-electron chi connectivity index (χ0n) is 31.6. The van der Waals surface area contributed by atoms with Gasteiger partial charge >= 0.3 is 71.6 Å². The minimum atomic E-state index is -8.08. The average molecular weight is 993 g/mol. The van der Waals surface area contributed by atoms with E-state index in [2.05, 4.69) is 12.6 Å². The van der Waals surface area contributed by atoms with Gasteiger partial charge in [-0.25, -0.2) is 0 Å². The summed E-state index contributed by atoms with van der Waals surface area (Å²) < 4.78 is 360. The molecule has 1 aromatic carbocycles. The molecule has 0 aliphatic carbocycles. The highest BCUT2D eigenvalue weighted by atomic mass is 32.1. The van der Waals surface area contributed by atoms with Gasteiger partial charge in [-0.3, -0.25) is 0 Å². The van der Waals surface area contributed by atoms with E-state index in [1.165, 1.54) is 0 Å². The van der Waals surface area contributed by atoms with Crippen LogP contribution in [0.15, 0.2) is 12.1 Å². The Balaban J connectivity index is 0.00000888. The Bertz CT molecular complexity index is 1460. The summed E-state index contributed by atoms with van der Waals surface area (Å²) in [6.07, 6.45) is -24.7. The second kappa shape index (κ2) is 19.8. The smallest absolute Gasteiger partial charge is 0.460 e. The van der Waals surface area contributed by atoms with Crippen LogP contribution in [0.2, 0.25) is 0 Å². The molecule has 3 nitrogen and oxygen atoms in total. The van der Waals surface area contributed by atoms with Crippen molar-refractivity contribution in [1.29, 1.82) is 0 Å². The number of alkyl halides is 26. The zero-order valence-corrected chi connectivity index (χ0v) is 32.5. The third kappa shape index (κ3) is 11.8. The maximum absolute atomic E-state index is 14.0. The van der Waals surface area contributed by atoms with E-state index in [1.807, 2.05) is 13.8 Å². The average Bonchev–Trinajstić information content (AvgIpc) is 3.07. The molecule has 0 atom stereocenters. The fourth-order valence-electron chi connectivity index (χ4n) is 4.45. The minimum absolute atomic E-state index is 0.0630. The molecular weight excluding hydrogens is 958 g/mol. The second-order valence-corrected chi connectivity index (χ2v) is 14.4. The van der Waals surface area contributed by atoms with Gasteiger partial charge in [0.2, 0.25) is 0 Å². The molecule has 0 aliphatic rings. The van der Waals surface area contributed by atoms with Crippen molar-refractivity contribution in [2.75, 3.05) is 20.3 Å². The topological polar surface area (TPSA) is 27.7 Å². The normalized spacial score (nSPS) is 14.8. The first kappa shape index (κ1) is 59.3. The summed E-state index contributed by atoms with van der Waals surface area (Å²) in [5.74, 6) is -76.3. The van der Waals surface area contributed by atoms with E-state index < -0.39 is 123 Å². The van der Waals surface area contributed by atoms with Crippen molar-refractivity contribution < 1.29 is 128 Å². The van der Waals surface area contributed by atoms with Gasteiger partial charge in [-0.1, -0.05) is 13.8 Å². The van der Waals surface area contributed by atoms with Crippen LogP contribution in [0.25, 0.3) is 0 Å². The first-order valence-electron chi connectivity index (χ1n) is 16.7. The quantitative estimate of drug-likeness (QED) is 0.0713. The molecular formula is C32H34F26O3S. The Morgan fingerprint density at radius 2 is 0.710 bits per heavy atom. The van der Waals surface area contributed by atoms with Gasteiger partial charge < -0.3 is 14.2 Å². The number of halogens is 26. The molecule has 0 aliphatic heterocycles. The largest absolute Gasteiger partial charge is 0.493 e. The third-order valence-electron chi connectivity index (χ3n) is 7.97. The van der Waals surface area contributed by atoms with Gasteiger partial charge in [0, 0.05) is 25.5 Å². The van der Waals surface area contributed by atoms with E-state index in [4.69, 9.17) is 14.2 Å². The SMILES string of the molecule is CC(C)S.COCc1cc(OCCCCC(F)(F)C(F)(F)C(F)(F)C(F)(F)C(F)(F)C(F)(F)F)c(C)c(OCCCCC(F)(F)C(F)(F)C(F)(F)C(F)(F)C(F)(F)C(F)(F)F)c1. The fourth-order valence-corrected chi connectivity index (χ4v) is 4.45. The molecule has 0 heterocycles. The van der Waals surface area contributed by atoms with Crippen molar-refractivity contribution in [1.82, 2.24) is 0 Å². The molecule has 1 aromatic rings. The van der Waals surface area contributed by atoms with Gasteiger partial charge in [0.25, 0.3) is 0 Å². The third-order valence-corrected chi connectivity index (χ3v) is 7.97. The first-order chi connectivity index (χ1) is 27.2. The summed E-state index contributed by atoms with van der Waals surface area (Å²) in [4.78, 5) is 0. The van der Waals surface area contributed by atoms with Gasteiger partial charge in [-0.15, -0.1) is 0 Å². The molecule has 368 valence electrons. The van der Waals surface area contributed by atoms with Crippen molar-refractivity contribution >= 4 is 12.6 Å². The molecule has 0 spiro atoms. The number of hydrogen-bond acceptors (Lipinski definition) is 4. The van der Waals surface area contributed by atoms with E-state index in [0.717, 1.165) is 26.2 Å². The summed E-state index contributed by atoms with van der Waals surface area (Å²) in [6, 6.07) is 2.19.